The van der Waals surface area contributed by atoms with Crippen molar-refractivity contribution < 1.29 is 0 Å². The van der Waals surface area contributed by atoms with E-state index in [1.807, 2.05) is 5.38 Å². The predicted molar refractivity (Wildman–Crippen MR) is 103 cm³/mol. The topological polar surface area (TPSA) is 77.3 Å². The zero-order valence-corrected chi connectivity index (χ0v) is 15.1. The van der Waals surface area contributed by atoms with Gasteiger partial charge in [0.05, 0.1) is 5.69 Å². The number of nitrogens with zero attached hydrogens (tertiary/aromatic N) is 2. The molecule has 1 aromatic heterocycles. The van der Waals surface area contributed by atoms with Crippen molar-refractivity contribution >= 4 is 22.4 Å². The molecular formula is C20H24N4S. The molecule has 4 aliphatic carbocycles. The van der Waals surface area contributed by atoms with E-state index in [-0.39, 0.29) is 5.96 Å². The van der Waals surface area contributed by atoms with Crippen LogP contribution in [0.1, 0.15) is 44.1 Å². The van der Waals surface area contributed by atoms with Crippen LogP contribution < -0.4 is 11.5 Å². The van der Waals surface area contributed by atoms with Crippen LogP contribution in [0.25, 0.3) is 11.3 Å². The van der Waals surface area contributed by atoms with Gasteiger partial charge in [-0.1, -0.05) is 24.3 Å². The van der Waals surface area contributed by atoms with E-state index in [0.717, 1.165) is 29.0 Å². The highest BCUT2D eigenvalue weighted by atomic mass is 32.1. The molecule has 0 amide bonds. The van der Waals surface area contributed by atoms with E-state index < -0.39 is 0 Å². The Balaban J connectivity index is 1.42. The second-order valence-corrected chi connectivity index (χ2v) is 9.16. The number of hydrogen-bond acceptors (Lipinski definition) is 3. The average molecular weight is 353 g/mol. The van der Waals surface area contributed by atoms with Crippen molar-refractivity contribution in [3.63, 3.8) is 0 Å². The molecule has 4 bridgehead atoms. The average Bonchev–Trinajstić information content (AvgIpc) is 3.01. The minimum Gasteiger partial charge on any atom is -0.370 e. The quantitative estimate of drug-likeness (QED) is 0.642. The maximum atomic E-state index is 5.43. The van der Waals surface area contributed by atoms with Crippen LogP contribution in [0.3, 0.4) is 0 Å². The summed E-state index contributed by atoms with van der Waals surface area (Å²) in [5.74, 6) is 2.99. The minimum atomic E-state index is 0.0538. The first-order valence-corrected chi connectivity index (χ1v) is 10.1. The van der Waals surface area contributed by atoms with Gasteiger partial charge in [0.15, 0.2) is 5.96 Å². The van der Waals surface area contributed by atoms with Crippen molar-refractivity contribution in [1.82, 2.24) is 4.98 Å². The van der Waals surface area contributed by atoms with Gasteiger partial charge in [-0.25, -0.2) is 4.98 Å². The molecule has 4 aliphatic rings. The van der Waals surface area contributed by atoms with Crippen LogP contribution >= 0.6 is 11.3 Å². The zero-order valence-electron chi connectivity index (χ0n) is 14.3. The fourth-order valence-electron chi connectivity index (χ4n) is 6.02. The van der Waals surface area contributed by atoms with E-state index in [4.69, 9.17) is 11.5 Å². The summed E-state index contributed by atoms with van der Waals surface area (Å²) in [7, 11) is 0. The lowest BCUT2D eigenvalue weighted by atomic mass is 9.48. The molecule has 4 saturated carbocycles. The number of aliphatic imine (C=N–C) groups is 1. The number of hydrogen-bond donors (Lipinski definition) is 2. The second-order valence-electron chi connectivity index (χ2n) is 8.33. The van der Waals surface area contributed by atoms with Gasteiger partial charge in [-0.15, -0.1) is 11.3 Å². The lowest BCUT2D eigenvalue weighted by Gasteiger charge is -2.57. The summed E-state index contributed by atoms with van der Waals surface area (Å²) in [5.41, 5.74) is 15.0. The van der Waals surface area contributed by atoms with E-state index in [1.54, 1.807) is 5.56 Å². The molecule has 130 valence electrons. The molecule has 0 saturated heterocycles. The van der Waals surface area contributed by atoms with Gasteiger partial charge in [-0.2, -0.15) is 4.99 Å². The smallest absolute Gasteiger partial charge is 0.212 e. The SMILES string of the molecule is NC(N)=Nc1nc(-c2ccc(C34CC5CC(CC(C5)C3)C4)cc2)cs1. The Kier molecular flexibility index (Phi) is 3.42. The van der Waals surface area contributed by atoms with Crippen LogP contribution in [0, 0.1) is 17.8 Å². The Bertz CT molecular complexity index is 781. The highest BCUT2D eigenvalue weighted by Crippen LogP contribution is 2.60. The highest BCUT2D eigenvalue weighted by molar-refractivity contribution is 7.13. The molecule has 1 aromatic carbocycles. The maximum absolute atomic E-state index is 5.43. The zero-order chi connectivity index (χ0) is 17.0. The lowest BCUT2D eigenvalue weighted by molar-refractivity contribution is -0.00518. The van der Waals surface area contributed by atoms with Crippen LogP contribution in [0.5, 0.6) is 0 Å². The number of guanidine groups is 1. The van der Waals surface area contributed by atoms with Crippen LogP contribution in [0.15, 0.2) is 34.6 Å². The first-order valence-electron chi connectivity index (χ1n) is 9.26. The Hall–Kier alpha value is -1.88. The van der Waals surface area contributed by atoms with Gasteiger partial charge in [0.2, 0.25) is 5.13 Å². The lowest BCUT2D eigenvalue weighted by Crippen LogP contribution is -2.48. The van der Waals surface area contributed by atoms with Crippen molar-refractivity contribution in [1.29, 1.82) is 0 Å². The number of thiazole rings is 1. The Morgan fingerprint density at radius 1 is 1.00 bits per heavy atom. The number of rotatable bonds is 3. The van der Waals surface area contributed by atoms with E-state index in [2.05, 4.69) is 34.2 Å². The van der Waals surface area contributed by atoms with E-state index in [9.17, 15) is 0 Å². The summed E-state index contributed by atoms with van der Waals surface area (Å²) in [4.78, 5) is 8.54. The molecule has 2 aromatic rings. The molecule has 5 heteroatoms. The number of nitrogens with two attached hydrogens (primary N) is 2. The van der Waals surface area contributed by atoms with Gasteiger partial charge >= 0.3 is 0 Å². The largest absolute Gasteiger partial charge is 0.370 e. The molecule has 0 aliphatic heterocycles. The van der Waals surface area contributed by atoms with E-state index in [1.165, 1.54) is 49.9 Å². The van der Waals surface area contributed by atoms with Gasteiger partial charge in [-0.3, -0.25) is 0 Å². The molecule has 0 radical (unpaired) electrons. The third-order valence-corrected chi connectivity index (χ3v) is 7.28. The van der Waals surface area contributed by atoms with Crippen LogP contribution in [-0.4, -0.2) is 10.9 Å². The summed E-state index contributed by atoms with van der Waals surface area (Å²) in [5, 5.41) is 2.63. The fourth-order valence-corrected chi connectivity index (χ4v) is 6.73. The molecule has 0 unspecified atom stereocenters. The summed E-state index contributed by atoms with van der Waals surface area (Å²) in [6, 6.07) is 9.15. The van der Waals surface area contributed by atoms with Gasteiger partial charge < -0.3 is 11.5 Å². The molecule has 0 spiro atoms. The molecule has 6 rings (SSSR count). The van der Waals surface area contributed by atoms with E-state index in [0.29, 0.717) is 10.5 Å². The molecule has 0 atom stereocenters. The Labute approximate surface area is 152 Å². The van der Waals surface area contributed by atoms with Crippen LogP contribution in [-0.2, 0) is 5.41 Å². The van der Waals surface area contributed by atoms with Gasteiger partial charge in [0.25, 0.3) is 0 Å². The first-order chi connectivity index (χ1) is 12.1. The molecular weight excluding hydrogens is 328 g/mol. The second kappa shape index (κ2) is 5.56. The van der Waals surface area contributed by atoms with Gasteiger partial charge in [0, 0.05) is 10.9 Å². The van der Waals surface area contributed by atoms with Crippen molar-refractivity contribution in [2.75, 3.05) is 0 Å². The predicted octanol–water partition coefficient (Wildman–Crippen LogP) is 4.18. The molecule has 4 N–H and O–H groups in total. The van der Waals surface area contributed by atoms with Crippen molar-refractivity contribution in [2.45, 2.75) is 43.9 Å². The van der Waals surface area contributed by atoms with Crippen LogP contribution in [0.2, 0.25) is 0 Å². The standard InChI is InChI=1S/C20H24N4S/c21-18(22)24-19-23-17(11-25-19)15-1-3-16(4-2-15)20-8-12-5-13(9-20)7-14(6-12)10-20/h1-4,11-14H,5-10H2,(H4,21,22,23,24). The van der Waals surface area contributed by atoms with Crippen molar-refractivity contribution in [3.05, 3.63) is 35.2 Å². The normalized spacial score (nSPS) is 32.7. The summed E-state index contributed by atoms with van der Waals surface area (Å²) in [6.45, 7) is 0. The summed E-state index contributed by atoms with van der Waals surface area (Å²) in [6.07, 6.45) is 8.69. The monoisotopic (exact) mass is 352 g/mol. The third-order valence-electron chi connectivity index (χ3n) is 6.55. The molecule has 25 heavy (non-hydrogen) atoms. The number of benzene rings is 1. The van der Waals surface area contributed by atoms with Gasteiger partial charge in [0.1, 0.15) is 0 Å². The first kappa shape index (κ1) is 15.4. The summed E-state index contributed by atoms with van der Waals surface area (Å²) < 4.78 is 0. The van der Waals surface area contributed by atoms with Crippen LogP contribution in [0.4, 0.5) is 5.13 Å². The Morgan fingerprint density at radius 3 is 2.16 bits per heavy atom. The summed E-state index contributed by atoms with van der Waals surface area (Å²) >= 11 is 1.47. The maximum Gasteiger partial charge on any atom is 0.212 e. The van der Waals surface area contributed by atoms with Crippen molar-refractivity contribution in [2.24, 2.45) is 34.2 Å². The third kappa shape index (κ3) is 2.65. The Morgan fingerprint density at radius 2 is 1.60 bits per heavy atom. The van der Waals surface area contributed by atoms with Gasteiger partial charge in [-0.05, 0) is 67.3 Å². The molecule has 4 nitrogen and oxygen atoms in total. The minimum absolute atomic E-state index is 0.0538. The molecule has 1 heterocycles. The number of aromatic nitrogens is 1. The highest BCUT2D eigenvalue weighted by Gasteiger charge is 2.51. The van der Waals surface area contributed by atoms with E-state index >= 15 is 0 Å². The fraction of sp³-hybridized carbons (Fsp3) is 0.500. The molecule has 4 fully saturated rings. The van der Waals surface area contributed by atoms with Crippen molar-refractivity contribution in [3.8, 4) is 11.3 Å².